The van der Waals surface area contributed by atoms with Crippen LogP contribution in [0.1, 0.15) is 5.56 Å². The fourth-order valence-electron chi connectivity index (χ4n) is 2.78. The number of anilines is 1. The van der Waals surface area contributed by atoms with Crippen molar-refractivity contribution in [3.8, 4) is 11.5 Å². The molecule has 0 bridgehead atoms. The van der Waals surface area contributed by atoms with Crippen molar-refractivity contribution >= 4 is 28.6 Å². The van der Waals surface area contributed by atoms with Crippen LogP contribution in [0.15, 0.2) is 65.8 Å². The van der Waals surface area contributed by atoms with Crippen molar-refractivity contribution in [2.45, 2.75) is 0 Å². The van der Waals surface area contributed by atoms with E-state index in [-0.39, 0.29) is 12.5 Å². The van der Waals surface area contributed by atoms with Crippen LogP contribution in [0.3, 0.4) is 0 Å². The summed E-state index contributed by atoms with van der Waals surface area (Å²) >= 11 is 0. The maximum Gasteiger partial charge on any atom is 0.259 e. The first-order chi connectivity index (χ1) is 13.2. The lowest BCUT2D eigenvalue weighted by Crippen LogP contribution is -2.25. The molecule has 0 heterocycles. The molecule has 0 aromatic heterocycles. The molecule has 27 heavy (non-hydrogen) atoms. The third kappa shape index (κ3) is 4.36. The predicted molar refractivity (Wildman–Crippen MR) is 108 cm³/mol. The molecule has 1 amide bonds. The zero-order chi connectivity index (χ0) is 19.1. The van der Waals surface area contributed by atoms with Gasteiger partial charge in [-0.25, -0.2) is 5.43 Å². The van der Waals surface area contributed by atoms with Crippen LogP contribution in [-0.4, -0.2) is 32.9 Å². The molecular weight excluding hydrogens is 342 g/mol. The average molecular weight is 363 g/mol. The third-order valence-electron chi connectivity index (χ3n) is 4.06. The second-order valence-electron chi connectivity index (χ2n) is 5.76. The number of hydrogen-bond acceptors (Lipinski definition) is 5. The Morgan fingerprint density at radius 1 is 1.00 bits per heavy atom. The highest BCUT2D eigenvalue weighted by atomic mass is 16.5. The van der Waals surface area contributed by atoms with E-state index in [0.717, 1.165) is 16.5 Å². The Morgan fingerprint density at radius 2 is 1.78 bits per heavy atom. The third-order valence-corrected chi connectivity index (χ3v) is 4.06. The summed E-state index contributed by atoms with van der Waals surface area (Å²) in [6.45, 7) is 0.112. The van der Waals surface area contributed by atoms with Crippen LogP contribution in [0.4, 0.5) is 5.69 Å². The molecule has 0 atom stereocenters. The van der Waals surface area contributed by atoms with Crippen LogP contribution < -0.4 is 20.2 Å². The van der Waals surface area contributed by atoms with Gasteiger partial charge in [0.1, 0.15) is 0 Å². The Hall–Kier alpha value is -3.54. The van der Waals surface area contributed by atoms with Crippen LogP contribution in [0, 0.1) is 0 Å². The van der Waals surface area contributed by atoms with Crippen LogP contribution >= 0.6 is 0 Å². The summed E-state index contributed by atoms with van der Waals surface area (Å²) in [5, 5.41) is 9.33. The Bertz CT molecular complexity index is 965. The number of fused-ring (bicyclic) bond motifs is 1. The molecule has 0 fully saturated rings. The van der Waals surface area contributed by atoms with E-state index in [1.807, 2.05) is 54.6 Å². The average Bonchev–Trinajstić information content (AvgIpc) is 2.71. The highest BCUT2D eigenvalue weighted by Gasteiger charge is 2.07. The lowest BCUT2D eigenvalue weighted by Gasteiger charge is -2.10. The predicted octanol–water partition coefficient (Wildman–Crippen LogP) is 3.42. The molecule has 0 aliphatic heterocycles. The molecule has 3 aromatic carbocycles. The fourth-order valence-corrected chi connectivity index (χ4v) is 2.78. The zero-order valence-corrected chi connectivity index (χ0v) is 15.2. The maximum atomic E-state index is 12.1. The molecular formula is C21H21N3O3. The summed E-state index contributed by atoms with van der Waals surface area (Å²) in [5.41, 5.74) is 4.12. The summed E-state index contributed by atoms with van der Waals surface area (Å²) in [6, 6.07) is 19.4. The van der Waals surface area contributed by atoms with E-state index in [2.05, 4.69) is 15.8 Å². The van der Waals surface area contributed by atoms with Gasteiger partial charge < -0.3 is 14.8 Å². The summed E-state index contributed by atoms with van der Waals surface area (Å²) < 4.78 is 10.6. The van der Waals surface area contributed by atoms with Gasteiger partial charge in [0, 0.05) is 16.6 Å². The lowest BCUT2D eigenvalue weighted by molar-refractivity contribution is -0.119. The summed E-state index contributed by atoms with van der Waals surface area (Å²) in [5.74, 6) is 0.915. The van der Waals surface area contributed by atoms with Gasteiger partial charge in [0.15, 0.2) is 11.5 Å². The molecule has 138 valence electrons. The molecule has 6 nitrogen and oxygen atoms in total. The molecule has 0 aliphatic carbocycles. The summed E-state index contributed by atoms with van der Waals surface area (Å²) in [7, 11) is 3.13. The molecule has 0 saturated carbocycles. The molecule has 2 N–H and O–H groups in total. The number of carbonyl (C=O) groups is 1. The van der Waals surface area contributed by atoms with Gasteiger partial charge in [-0.3, -0.25) is 4.79 Å². The van der Waals surface area contributed by atoms with Gasteiger partial charge >= 0.3 is 0 Å². The van der Waals surface area contributed by atoms with Crippen LogP contribution in [0.2, 0.25) is 0 Å². The van der Waals surface area contributed by atoms with Gasteiger partial charge in [0.25, 0.3) is 5.91 Å². The van der Waals surface area contributed by atoms with Crippen molar-refractivity contribution in [2.75, 3.05) is 26.1 Å². The number of benzene rings is 3. The summed E-state index contributed by atoms with van der Waals surface area (Å²) in [6.07, 6.45) is 1.52. The monoisotopic (exact) mass is 363 g/mol. The Morgan fingerprint density at radius 3 is 2.59 bits per heavy atom. The first-order valence-corrected chi connectivity index (χ1v) is 8.47. The van der Waals surface area contributed by atoms with E-state index < -0.39 is 0 Å². The molecule has 0 saturated heterocycles. The van der Waals surface area contributed by atoms with Crippen molar-refractivity contribution in [3.63, 3.8) is 0 Å². The Balaban J connectivity index is 1.61. The van der Waals surface area contributed by atoms with Gasteiger partial charge in [-0.05, 0) is 23.6 Å². The van der Waals surface area contributed by atoms with E-state index in [1.54, 1.807) is 20.3 Å². The molecule has 3 aromatic rings. The molecule has 0 aliphatic rings. The van der Waals surface area contributed by atoms with Crippen molar-refractivity contribution in [2.24, 2.45) is 5.10 Å². The number of nitrogens with zero attached hydrogens (tertiary/aromatic N) is 1. The van der Waals surface area contributed by atoms with E-state index in [1.165, 1.54) is 6.21 Å². The number of para-hydroxylation sites is 1. The SMILES string of the molecule is COc1cccc(C=NNC(=O)CNc2cccc3ccccc23)c1OC. The first-order valence-electron chi connectivity index (χ1n) is 8.47. The number of rotatable bonds is 7. The second kappa shape index (κ2) is 8.71. The largest absolute Gasteiger partial charge is 0.493 e. The van der Waals surface area contributed by atoms with E-state index >= 15 is 0 Å². The van der Waals surface area contributed by atoms with E-state index in [4.69, 9.17) is 9.47 Å². The second-order valence-corrected chi connectivity index (χ2v) is 5.76. The molecule has 3 rings (SSSR count). The minimum atomic E-state index is -0.249. The van der Waals surface area contributed by atoms with Crippen LogP contribution in [0.25, 0.3) is 10.8 Å². The van der Waals surface area contributed by atoms with Gasteiger partial charge in [-0.15, -0.1) is 0 Å². The standard InChI is InChI=1S/C21H21N3O3/c1-26-19-12-6-9-16(21(19)27-2)13-23-24-20(25)14-22-18-11-5-8-15-7-3-4-10-17(15)18/h3-13,22H,14H2,1-2H3,(H,24,25). The van der Waals surface area contributed by atoms with E-state index in [0.29, 0.717) is 17.1 Å². The van der Waals surface area contributed by atoms with E-state index in [9.17, 15) is 4.79 Å². The minimum absolute atomic E-state index is 0.112. The van der Waals surface area contributed by atoms with Gasteiger partial charge in [0.05, 0.1) is 27.0 Å². The van der Waals surface area contributed by atoms with Crippen LogP contribution in [-0.2, 0) is 4.79 Å². The van der Waals surface area contributed by atoms with Crippen molar-refractivity contribution in [3.05, 3.63) is 66.2 Å². The highest BCUT2D eigenvalue weighted by molar-refractivity contribution is 5.95. The lowest BCUT2D eigenvalue weighted by atomic mass is 10.1. The molecule has 0 radical (unpaired) electrons. The quantitative estimate of drug-likeness (QED) is 0.498. The number of methoxy groups -OCH3 is 2. The highest BCUT2D eigenvalue weighted by Crippen LogP contribution is 2.29. The van der Waals surface area contributed by atoms with Crippen LogP contribution in [0.5, 0.6) is 11.5 Å². The molecule has 6 heteroatoms. The number of amides is 1. The Kier molecular flexibility index (Phi) is 5.89. The summed E-state index contributed by atoms with van der Waals surface area (Å²) in [4.78, 5) is 12.1. The number of carbonyl (C=O) groups excluding carboxylic acids is 1. The fraction of sp³-hybridized carbons (Fsp3) is 0.143. The Labute approximate surface area is 157 Å². The van der Waals surface area contributed by atoms with Crippen molar-refractivity contribution < 1.29 is 14.3 Å². The van der Waals surface area contributed by atoms with Gasteiger partial charge in [-0.2, -0.15) is 5.10 Å². The smallest absolute Gasteiger partial charge is 0.259 e. The van der Waals surface area contributed by atoms with Crippen molar-refractivity contribution in [1.82, 2.24) is 5.43 Å². The maximum absolute atomic E-state index is 12.1. The first kappa shape index (κ1) is 18.3. The number of nitrogens with one attached hydrogen (secondary N) is 2. The topological polar surface area (TPSA) is 72.0 Å². The minimum Gasteiger partial charge on any atom is -0.493 e. The number of hydrogen-bond donors (Lipinski definition) is 2. The van der Waals surface area contributed by atoms with Gasteiger partial charge in [-0.1, -0.05) is 42.5 Å². The normalized spacial score (nSPS) is 10.7. The zero-order valence-electron chi connectivity index (χ0n) is 15.2. The molecule has 0 unspecified atom stereocenters. The molecule has 0 spiro atoms. The number of ether oxygens (including phenoxy) is 2. The number of hydrazone groups is 1. The van der Waals surface area contributed by atoms with Crippen molar-refractivity contribution in [1.29, 1.82) is 0 Å². The van der Waals surface area contributed by atoms with Gasteiger partial charge in [0.2, 0.25) is 0 Å².